The van der Waals surface area contributed by atoms with Gasteiger partial charge in [0.2, 0.25) is 8.30 Å². The number of rotatable bonds is 6. The first kappa shape index (κ1) is 19.1. The third-order valence-electron chi connectivity index (χ3n) is 3.23. The van der Waals surface area contributed by atoms with E-state index >= 15 is 0 Å². The van der Waals surface area contributed by atoms with E-state index in [2.05, 4.69) is 5.10 Å². The van der Waals surface area contributed by atoms with Crippen LogP contribution in [0.5, 0.6) is 0 Å². The zero-order valence-corrected chi connectivity index (χ0v) is 15.6. The van der Waals surface area contributed by atoms with Crippen LogP contribution in [0, 0.1) is 0 Å². The zero-order valence-electron chi connectivity index (χ0n) is 14.7. The number of ether oxygens (including phenoxy) is 2. The maximum Gasteiger partial charge on any atom is 0.436 e. The summed E-state index contributed by atoms with van der Waals surface area (Å²) in [7, 11) is 2.10. The van der Waals surface area contributed by atoms with E-state index in [-0.39, 0.29) is 24.9 Å². The molecule has 1 heterocycles. The van der Waals surface area contributed by atoms with Gasteiger partial charge in [0.05, 0.1) is 13.2 Å². The Balaban J connectivity index is 2.35. The van der Waals surface area contributed by atoms with Crippen molar-refractivity contribution >= 4 is 26.3 Å². The molecule has 0 radical (unpaired) electrons. The highest BCUT2D eigenvalue weighted by atomic mass is 31.2. The van der Waals surface area contributed by atoms with Gasteiger partial charge < -0.3 is 14.0 Å². The summed E-state index contributed by atoms with van der Waals surface area (Å²) in [6.45, 7) is 3.77. The minimum absolute atomic E-state index is 0.189. The predicted molar refractivity (Wildman–Crippen MR) is 93.8 cm³/mol. The molecule has 25 heavy (non-hydrogen) atoms. The molecule has 1 aromatic rings. The lowest BCUT2D eigenvalue weighted by Crippen LogP contribution is -2.27. The SMILES string of the molecule is CCOC(=O)C1=NN(C(=O)OCC)P(C(c2ccccc2)N(C)C)O1. The topological polar surface area (TPSA) is 80.7 Å². The van der Waals surface area contributed by atoms with Gasteiger partial charge in [-0.15, -0.1) is 9.88 Å². The first-order valence-electron chi connectivity index (χ1n) is 7.90. The fraction of sp³-hybridized carbons (Fsp3) is 0.438. The Bertz CT molecular complexity index is 638. The quantitative estimate of drug-likeness (QED) is 0.568. The van der Waals surface area contributed by atoms with Gasteiger partial charge in [0, 0.05) is 0 Å². The van der Waals surface area contributed by atoms with Crippen molar-refractivity contribution in [3.8, 4) is 0 Å². The normalized spacial score (nSPS) is 17.7. The van der Waals surface area contributed by atoms with Crippen molar-refractivity contribution in [1.82, 2.24) is 9.68 Å². The van der Waals surface area contributed by atoms with Crippen molar-refractivity contribution in [2.75, 3.05) is 27.3 Å². The van der Waals surface area contributed by atoms with Crippen LogP contribution in [0.25, 0.3) is 0 Å². The molecule has 1 aliphatic rings. The van der Waals surface area contributed by atoms with Gasteiger partial charge in [0.25, 0.3) is 0 Å². The Labute approximate surface area is 148 Å². The average Bonchev–Trinajstić information content (AvgIpc) is 3.01. The molecule has 0 saturated carbocycles. The first-order chi connectivity index (χ1) is 12.0. The number of benzene rings is 1. The van der Waals surface area contributed by atoms with Crippen LogP contribution in [0.2, 0.25) is 0 Å². The Morgan fingerprint density at radius 2 is 1.84 bits per heavy atom. The summed E-state index contributed by atoms with van der Waals surface area (Å²) in [5.74, 6) is -1.23. The van der Waals surface area contributed by atoms with Gasteiger partial charge in [-0.25, -0.2) is 9.59 Å². The van der Waals surface area contributed by atoms with E-state index in [4.69, 9.17) is 14.0 Å². The fourth-order valence-electron chi connectivity index (χ4n) is 2.25. The van der Waals surface area contributed by atoms with E-state index in [0.717, 1.165) is 10.3 Å². The van der Waals surface area contributed by atoms with E-state index in [1.54, 1.807) is 13.8 Å². The summed E-state index contributed by atoms with van der Waals surface area (Å²) < 4.78 is 16.9. The number of carbonyl (C=O) groups is 2. The highest BCUT2D eigenvalue weighted by Gasteiger charge is 2.45. The van der Waals surface area contributed by atoms with Crippen molar-refractivity contribution in [3.05, 3.63) is 35.9 Å². The molecule has 8 nitrogen and oxygen atoms in total. The van der Waals surface area contributed by atoms with Gasteiger partial charge in [0.15, 0.2) is 0 Å². The highest BCUT2D eigenvalue weighted by molar-refractivity contribution is 7.52. The van der Waals surface area contributed by atoms with Crippen LogP contribution in [0.15, 0.2) is 35.4 Å². The van der Waals surface area contributed by atoms with Crippen molar-refractivity contribution in [2.24, 2.45) is 5.10 Å². The van der Waals surface area contributed by atoms with E-state index in [1.165, 1.54) is 0 Å². The van der Waals surface area contributed by atoms with Crippen LogP contribution in [0.1, 0.15) is 25.2 Å². The van der Waals surface area contributed by atoms with Crippen molar-refractivity contribution in [2.45, 2.75) is 19.6 Å². The molecule has 0 spiro atoms. The second kappa shape index (κ2) is 8.78. The minimum atomic E-state index is -1.64. The first-order valence-corrected chi connectivity index (χ1v) is 9.18. The number of nitrogens with zero attached hydrogens (tertiary/aromatic N) is 3. The molecule has 1 aliphatic heterocycles. The lowest BCUT2D eigenvalue weighted by molar-refractivity contribution is -0.136. The van der Waals surface area contributed by atoms with Gasteiger partial charge >= 0.3 is 18.0 Å². The lowest BCUT2D eigenvalue weighted by Gasteiger charge is -2.31. The maximum absolute atomic E-state index is 12.3. The number of esters is 1. The minimum Gasteiger partial charge on any atom is -0.459 e. The molecule has 0 fully saturated rings. The van der Waals surface area contributed by atoms with E-state index in [0.29, 0.717) is 0 Å². The summed E-state index contributed by atoms with van der Waals surface area (Å²) >= 11 is 0. The largest absolute Gasteiger partial charge is 0.459 e. The molecular weight excluding hydrogens is 345 g/mol. The second-order valence-corrected chi connectivity index (χ2v) is 6.91. The Morgan fingerprint density at radius 3 is 2.40 bits per heavy atom. The third kappa shape index (κ3) is 4.46. The molecule has 2 unspecified atom stereocenters. The molecule has 9 heteroatoms. The molecular formula is C16H22N3O5P. The summed E-state index contributed by atoms with van der Waals surface area (Å²) in [6, 6.07) is 9.57. The van der Waals surface area contributed by atoms with Gasteiger partial charge in [-0.05, 0) is 33.5 Å². The molecule has 2 rings (SSSR count). The van der Waals surface area contributed by atoms with Crippen LogP contribution in [-0.2, 0) is 18.8 Å². The Kier molecular flexibility index (Phi) is 6.73. The van der Waals surface area contributed by atoms with Gasteiger partial charge in [-0.1, -0.05) is 30.3 Å². The standard InChI is InChI=1S/C16H22N3O5P/c1-5-22-15(20)13-17-19(16(21)23-6-2)25(24-13)14(18(3)4)12-10-8-7-9-11-12/h7-11,14H,5-6H2,1-4H3. The maximum atomic E-state index is 12.3. The van der Waals surface area contributed by atoms with E-state index in [9.17, 15) is 9.59 Å². The van der Waals surface area contributed by atoms with Crippen LogP contribution in [-0.4, -0.2) is 54.9 Å². The fourth-order valence-corrected chi connectivity index (χ4v) is 4.13. The second-order valence-electron chi connectivity index (χ2n) is 5.26. The average molecular weight is 367 g/mol. The van der Waals surface area contributed by atoms with E-state index in [1.807, 2.05) is 49.3 Å². The molecule has 0 aromatic heterocycles. The van der Waals surface area contributed by atoms with Crippen molar-refractivity contribution in [3.63, 3.8) is 0 Å². The zero-order chi connectivity index (χ0) is 18.4. The summed E-state index contributed by atoms with van der Waals surface area (Å²) in [6.07, 6.45) is -0.657. The molecule has 0 aliphatic carbocycles. The molecule has 0 N–H and O–H groups in total. The number of hydrogen-bond donors (Lipinski definition) is 0. The highest BCUT2D eigenvalue weighted by Crippen LogP contribution is 2.59. The number of hydrogen-bond acceptors (Lipinski definition) is 7. The monoisotopic (exact) mass is 367 g/mol. The van der Waals surface area contributed by atoms with Gasteiger partial charge in [-0.2, -0.15) is 0 Å². The number of amides is 1. The van der Waals surface area contributed by atoms with E-state index < -0.39 is 20.4 Å². The molecule has 0 saturated heterocycles. The smallest absolute Gasteiger partial charge is 0.436 e. The lowest BCUT2D eigenvalue weighted by atomic mass is 10.2. The molecule has 1 aromatic carbocycles. The third-order valence-corrected chi connectivity index (χ3v) is 5.39. The number of carbonyl (C=O) groups excluding carboxylic acids is 2. The molecule has 136 valence electrons. The summed E-state index contributed by atoms with van der Waals surface area (Å²) in [4.78, 5) is 26.2. The number of hydrazone groups is 1. The Morgan fingerprint density at radius 1 is 1.20 bits per heavy atom. The van der Waals surface area contributed by atoms with Crippen LogP contribution < -0.4 is 0 Å². The predicted octanol–water partition coefficient (Wildman–Crippen LogP) is 2.92. The van der Waals surface area contributed by atoms with Gasteiger partial charge in [0.1, 0.15) is 5.78 Å². The van der Waals surface area contributed by atoms with Gasteiger partial charge in [-0.3, -0.25) is 4.90 Å². The van der Waals surface area contributed by atoms with Crippen molar-refractivity contribution < 1.29 is 23.6 Å². The molecule has 2 atom stereocenters. The summed E-state index contributed by atoms with van der Waals surface area (Å²) in [5.41, 5.74) is 0.938. The molecule has 1 amide bonds. The van der Waals surface area contributed by atoms with Crippen LogP contribution in [0.3, 0.4) is 0 Å². The summed E-state index contributed by atoms with van der Waals surface area (Å²) in [5, 5.41) is 4.02. The van der Waals surface area contributed by atoms with Crippen LogP contribution >= 0.6 is 8.30 Å². The van der Waals surface area contributed by atoms with Crippen molar-refractivity contribution in [1.29, 1.82) is 0 Å². The van der Waals surface area contributed by atoms with Crippen LogP contribution in [0.4, 0.5) is 4.79 Å². The Hall–Kier alpha value is -2.18. The molecule has 0 bridgehead atoms.